The summed E-state index contributed by atoms with van der Waals surface area (Å²) in [5, 5.41) is 46.9. The largest absolute Gasteiger partial charge is 0.511 e. The second kappa shape index (κ2) is 8.10. The van der Waals surface area contributed by atoms with Crippen LogP contribution >= 0.6 is 0 Å². The van der Waals surface area contributed by atoms with E-state index in [4.69, 9.17) is 5.73 Å². The van der Waals surface area contributed by atoms with Gasteiger partial charge in [0.1, 0.15) is 22.8 Å². The number of carbonyl (C=O) groups is 3. The predicted octanol–water partition coefficient (Wildman–Crippen LogP) is 1.09. The first-order chi connectivity index (χ1) is 16.5. The average molecular weight is 484 g/mol. The van der Waals surface area contributed by atoms with E-state index in [2.05, 4.69) is 10.2 Å². The summed E-state index contributed by atoms with van der Waals surface area (Å²) in [6.07, 6.45) is 1.96. The molecule has 0 unspecified atom stereocenters. The van der Waals surface area contributed by atoms with E-state index in [1.807, 2.05) is 7.05 Å². The van der Waals surface area contributed by atoms with Crippen molar-refractivity contribution in [2.45, 2.75) is 43.7 Å². The number of phenolic OH excluding ortho intramolecular Hbond substituents is 1. The molecule has 3 aliphatic carbocycles. The van der Waals surface area contributed by atoms with E-state index in [0.29, 0.717) is 17.7 Å². The molecule has 1 aromatic carbocycles. The zero-order valence-electron chi connectivity index (χ0n) is 19.4. The molecule has 1 saturated heterocycles. The first kappa shape index (κ1) is 23.4. The van der Waals surface area contributed by atoms with Gasteiger partial charge in [-0.25, -0.2) is 0 Å². The first-order valence-corrected chi connectivity index (χ1v) is 11.8. The van der Waals surface area contributed by atoms with Gasteiger partial charge in [-0.3, -0.25) is 14.4 Å². The number of nitrogens with one attached hydrogen (secondary N) is 1. The number of aromatic hydroxyl groups is 1. The Balaban J connectivity index is 1.53. The number of nitrogens with zero attached hydrogens (tertiary/aromatic N) is 1. The summed E-state index contributed by atoms with van der Waals surface area (Å²) in [6.45, 7) is 1.83. The summed E-state index contributed by atoms with van der Waals surface area (Å²) >= 11 is 0. The van der Waals surface area contributed by atoms with Gasteiger partial charge in [-0.05, 0) is 63.4 Å². The van der Waals surface area contributed by atoms with E-state index in [1.165, 1.54) is 0 Å². The molecule has 0 bridgehead atoms. The van der Waals surface area contributed by atoms with Crippen molar-refractivity contribution in [1.29, 1.82) is 0 Å². The highest BCUT2D eigenvalue weighted by atomic mass is 16.3. The summed E-state index contributed by atoms with van der Waals surface area (Å²) in [4.78, 5) is 40.5. The quantitative estimate of drug-likeness (QED) is 0.272. The summed E-state index contributed by atoms with van der Waals surface area (Å²) < 4.78 is 0. The molecule has 10 nitrogen and oxygen atoms in total. The lowest BCUT2D eigenvalue weighted by Crippen LogP contribution is -2.57. The van der Waals surface area contributed by atoms with Gasteiger partial charge in [0.05, 0.1) is 11.3 Å². The monoisotopic (exact) mass is 483 g/mol. The number of aliphatic hydroxyl groups excluding tert-OH is 2. The molecular weight excluding hydrogens is 454 g/mol. The molecule has 10 heteroatoms. The second-order valence-electron chi connectivity index (χ2n) is 10.1. The third-order valence-corrected chi connectivity index (χ3v) is 8.01. The standard InChI is InChI=1S/C25H29N3O7/c1-28-6-4-14(5-7-28)27-15-3-2-11-8-12-9-13-10-16(29)19(24(26)34)23(33)25(13,35)22(32)18(12)21(31)17(11)20(15)30/h2-3,12-14,27,29-30,32,35H,4-10H2,1H3,(H2,26,34)/t12-,13-,25-/m0/s1. The lowest BCUT2D eigenvalue weighted by Gasteiger charge is -2.45. The minimum absolute atomic E-state index is 0.0274. The maximum absolute atomic E-state index is 13.6. The molecule has 3 atom stereocenters. The molecule has 1 heterocycles. The Bertz CT molecular complexity index is 1210. The molecule has 1 fully saturated rings. The van der Waals surface area contributed by atoms with Crippen molar-refractivity contribution in [3.8, 4) is 5.75 Å². The van der Waals surface area contributed by atoms with Crippen LogP contribution in [0.3, 0.4) is 0 Å². The van der Waals surface area contributed by atoms with Gasteiger partial charge >= 0.3 is 0 Å². The molecule has 1 aromatic rings. The molecule has 1 amide bonds. The number of allylic oxidation sites excluding steroid dienone is 2. The molecule has 0 aromatic heterocycles. The first-order valence-electron chi connectivity index (χ1n) is 11.8. The summed E-state index contributed by atoms with van der Waals surface area (Å²) in [7, 11) is 2.05. The minimum Gasteiger partial charge on any atom is -0.511 e. The number of primary amides is 1. The number of nitrogens with two attached hydrogens (primary N) is 1. The van der Waals surface area contributed by atoms with Gasteiger partial charge < -0.3 is 36.4 Å². The van der Waals surface area contributed by atoms with Crippen molar-refractivity contribution in [2.24, 2.45) is 17.6 Å². The van der Waals surface area contributed by atoms with Crippen LogP contribution in [0.4, 0.5) is 5.69 Å². The maximum Gasteiger partial charge on any atom is 0.255 e. The van der Waals surface area contributed by atoms with Gasteiger partial charge in [0.25, 0.3) is 5.91 Å². The Morgan fingerprint density at radius 3 is 2.49 bits per heavy atom. The average Bonchev–Trinajstić information content (AvgIpc) is 2.79. The number of carbonyl (C=O) groups excluding carboxylic acids is 3. The van der Waals surface area contributed by atoms with Crippen molar-refractivity contribution >= 4 is 23.2 Å². The van der Waals surface area contributed by atoms with Crippen molar-refractivity contribution in [3.63, 3.8) is 0 Å². The SMILES string of the molecule is CN1CCC(Nc2ccc3c(c2O)C(=O)C2=C(O)[C@]4(O)C(=O)C(C(N)=O)=C(O)C[C@@H]4C[C@@H]2C3)CC1. The topological polar surface area (TPSA) is 173 Å². The van der Waals surface area contributed by atoms with Gasteiger partial charge in [0, 0.05) is 24.0 Å². The summed E-state index contributed by atoms with van der Waals surface area (Å²) in [5.41, 5.74) is 2.80. The van der Waals surface area contributed by atoms with Crippen LogP contribution in [0.1, 0.15) is 41.6 Å². The number of Topliss-reactive ketones (excluding diaryl/α,β-unsaturated/α-hetero) is 2. The zero-order chi connectivity index (χ0) is 25.2. The highest BCUT2D eigenvalue weighted by Crippen LogP contribution is 2.51. The van der Waals surface area contributed by atoms with Crippen LogP contribution in [-0.2, 0) is 16.0 Å². The van der Waals surface area contributed by atoms with Gasteiger partial charge in [-0.1, -0.05) is 6.07 Å². The summed E-state index contributed by atoms with van der Waals surface area (Å²) in [5.74, 6) is -6.16. The molecule has 35 heavy (non-hydrogen) atoms. The van der Waals surface area contributed by atoms with Crippen molar-refractivity contribution in [2.75, 3.05) is 25.5 Å². The predicted molar refractivity (Wildman–Crippen MR) is 125 cm³/mol. The number of rotatable bonds is 3. The van der Waals surface area contributed by atoms with E-state index in [-0.39, 0.29) is 35.8 Å². The van der Waals surface area contributed by atoms with Gasteiger partial charge in [-0.15, -0.1) is 0 Å². The molecule has 186 valence electrons. The number of aliphatic hydroxyl groups is 3. The molecule has 4 aliphatic rings. The molecule has 0 radical (unpaired) electrons. The lowest BCUT2D eigenvalue weighted by atomic mass is 9.60. The molecule has 1 aliphatic heterocycles. The number of ketones is 2. The number of benzene rings is 1. The molecule has 7 N–H and O–H groups in total. The fourth-order valence-electron chi connectivity index (χ4n) is 6.08. The van der Waals surface area contributed by atoms with Crippen LogP contribution in [-0.4, -0.2) is 74.6 Å². The maximum atomic E-state index is 13.6. The Kier molecular flexibility index (Phi) is 5.41. The number of amides is 1. The van der Waals surface area contributed by atoms with Gasteiger partial charge in [-0.2, -0.15) is 0 Å². The Hall–Kier alpha value is -3.37. The highest BCUT2D eigenvalue weighted by Gasteiger charge is 2.59. The number of piperidine rings is 1. The smallest absolute Gasteiger partial charge is 0.255 e. The van der Waals surface area contributed by atoms with E-state index < -0.39 is 52.0 Å². The zero-order valence-corrected chi connectivity index (χ0v) is 19.4. The van der Waals surface area contributed by atoms with Crippen molar-refractivity contribution in [1.82, 2.24) is 4.90 Å². The number of hydrogen-bond acceptors (Lipinski definition) is 9. The molecule has 5 rings (SSSR count). The number of hydrogen-bond donors (Lipinski definition) is 6. The van der Waals surface area contributed by atoms with E-state index in [0.717, 1.165) is 25.9 Å². The Morgan fingerprint density at radius 2 is 1.83 bits per heavy atom. The van der Waals surface area contributed by atoms with Gasteiger partial charge in [0.15, 0.2) is 11.4 Å². The van der Waals surface area contributed by atoms with E-state index in [9.17, 15) is 34.8 Å². The fourth-order valence-corrected chi connectivity index (χ4v) is 6.08. The van der Waals surface area contributed by atoms with Crippen LogP contribution in [0, 0.1) is 11.8 Å². The highest BCUT2D eigenvalue weighted by molar-refractivity contribution is 6.24. The van der Waals surface area contributed by atoms with Crippen LogP contribution in [0.15, 0.2) is 34.8 Å². The van der Waals surface area contributed by atoms with Crippen LogP contribution in [0.2, 0.25) is 0 Å². The molecular formula is C25H29N3O7. The van der Waals surface area contributed by atoms with E-state index >= 15 is 0 Å². The molecule has 0 saturated carbocycles. The number of anilines is 1. The van der Waals surface area contributed by atoms with Crippen LogP contribution < -0.4 is 11.1 Å². The third kappa shape index (κ3) is 3.42. The Labute approximate surface area is 201 Å². The van der Waals surface area contributed by atoms with Crippen molar-refractivity contribution < 1.29 is 34.8 Å². The number of phenols is 1. The number of fused-ring (bicyclic) bond motifs is 3. The van der Waals surface area contributed by atoms with E-state index in [1.54, 1.807) is 12.1 Å². The molecule has 0 spiro atoms. The second-order valence-corrected chi connectivity index (χ2v) is 10.1. The normalized spacial score (nSPS) is 29.5. The summed E-state index contributed by atoms with van der Waals surface area (Å²) in [6, 6.07) is 3.65. The Morgan fingerprint density at radius 1 is 1.14 bits per heavy atom. The van der Waals surface area contributed by atoms with Gasteiger partial charge in [0.2, 0.25) is 5.78 Å². The minimum atomic E-state index is -2.55. The number of likely N-dealkylation sites (tertiary alicyclic amines) is 1. The fraction of sp³-hybridized carbons (Fsp3) is 0.480. The third-order valence-electron chi connectivity index (χ3n) is 8.01. The lowest BCUT2D eigenvalue weighted by molar-refractivity contribution is -0.144. The van der Waals surface area contributed by atoms with Crippen molar-refractivity contribution in [3.05, 3.63) is 45.9 Å². The van der Waals surface area contributed by atoms with Crippen LogP contribution in [0.25, 0.3) is 0 Å². The van der Waals surface area contributed by atoms with Crippen LogP contribution in [0.5, 0.6) is 5.75 Å².